The monoisotopic (exact) mass is 271 g/mol. The van der Waals surface area contributed by atoms with E-state index in [-0.39, 0.29) is 5.56 Å². The van der Waals surface area contributed by atoms with Crippen LogP contribution in [0.15, 0.2) is 40.9 Å². The lowest BCUT2D eigenvalue weighted by molar-refractivity contribution is 0.660. The van der Waals surface area contributed by atoms with Gasteiger partial charge < -0.3 is 0 Å². The largest absolute Gasteiger partial charge is 0.298 e. The minimum Gasteiger partial charge on any atom is -0.298 e. The fourth-order valence-corrected chi connectivity index (χ4v) is 2.63. The summed E-state index contributed by atoms with van der Waals surface area (Å²) in [7, 11) is 0. The zero-order valence-corrected chi connectivity index (χ0v) is 11.4. The molecule has 0 spiro atoms. The van der Waals surface area contributed by atoms with Crippen molar-refractivity contribution in [3.05, 3.63) is 57.0 Å². The molecule has 2 heterocycles. The van der Waals surface area contributed by atoms with Crippen LogP contribution in [0.4, 0.5) is 0 Å². The Bertz CT molecular complexity index is 762. The average molecular weight is 271 g/mol. The second-order valence-electron chi connectivity index (χ2n) is 4.44. The molecule has 0 radical (unpaired) electrons. The van der Waals surface area contributed by atoms with Crippen LogP contribution in [-0.4, -0.2) is 14.5 Å². The number of nitrogens with zero attached hydrogens (tertiary/aromatic N) is 3. The van der Waals surface area contributed by atoms with Crippen molar-refractivity contribution in [3.8, 4) is 0 Å². The summed E-state index contributed by atoms with van der Waals surface area (Å²) in [6, 6.07) is 5.75. The van der Waals surface area contributed by atoms with Crippen LogP contribution in [0.25, 0.3) is 10.9 Å². The van der Waals surface area contributed by atoms with Crippen molar-refractivity contribution in [1.82, 2.24) is 14.5 Å². The number of hydrogen-bond acceptors (Lipinski definition) is 4. The summed E-state index contributed by atoms with van der Waals surface area (Å²) in [5, 5.41) is 3.66. The van der Waals surface area contributed by atoms with Crippen LogP contribution >= 0.6 is 11.3 Å². The minimum absolute atomic E-state index is 0.0188. The van der Waals surface area contributed by atoms with E-state index in [1.807, 2.05) is 30.5 Å². The third-order valence-electron chi connectivity index (χ3n) is 3.03. The molecular weight excluding hydrogens is 258 g/mol. The third kappa shape index (κ3) is 2.42. The van der Waals surface area contributed by atoms with Crippen LogP contribution in [0.1, 0.15) is 10.6 Å². The van der Waals surface area contributed by atoms with Gasteiger partial charge in [-0.3, -0.25) is 9.36 Å². The van der Waals surface area contributed by atoms with Gasteiger partial charge in [0.2, 0.25) is 0 Å². The van der Waals surface area contributed by atoms with E-state index in [4.69, 9.17) is 0 Å². The molecule has 0 amide bonds. The normalized spacial score (nSPS) is 11.0. The highest BCUT2D eigenvalue weighted by Crippen LogP contribution is 2.10. The van der Waals surface area contributed by atoms with E-state index in [1.165, 1.54) is 0 Å². The smallest absolute Gasteiger partial charge is 0.261 e. The maximum Gasteiger partial charge on any atom is 0.261 e. The Balaban J connectivity index is 1.96. The molecule has 19 heavy (non-hydrogen) atoms. The van der Waals surface area contributed by atoms with Gasteiger partial charge in [-0.1, -0.05) is 11.6 Å². The molecule has 0 aliphatic carbocycles. The first kappa shape index (κ1) is 12.0. The van der Waals surface area contributed by atoms with Gasteiger partial charge in [0.15, 0.2) is 0 Å². The quantitative estimate of drug-likeness (QED) is 0.735. The molecule has 2 aromatic heterocycles. The molecule has 3 aromatic rings. The van der Waals surface area contributed by atoms with E-state index >= 15 is 0 Å². The molecule has 0 aliphatic heterocycles. The fourth-order valence-electron chi connectivity index (χ4n) is 2.02. The molecule has 0 atom stereocenters. The molecule has 0 bridgehead atoms. The molecule has 96 valence electrons. The second kappa shape index (κ2) is 4.93. The Hall–Kier alpha value is -2.01. The van der Waals surface area contributed by atoms with Crippen molar-refractivity contribution in [2.45, 2.75) is 19.9 Å². The van der Waals surface area contributed by atoms with Gasteiger partial charge in [-0.05, 0) is 19.1 Å². The highest BCUT2D eigenvalue weighted by molar-refractivity contribution is 7.09. The highest BCUT2D eigenvalue weighted by Gasteiger charge is 2.05. The first-order valence-electron chi connectivity index (χ1n) is 6.08. The molecule has 0 fully saturated rings. The van der Waals surface area contributed by atoms with E-state index in [0.717, 1.165) is 22.5 Å². The number of aromatic nitrogens is 3. The zero-order chi connectivity index (χ0) is 13.2. The number of rotatable bonds is 3. The predicted molar refractivity (Wildman–Crippen MR) is 76.6 cm³/mol. The number of aryl methyl sites for hydroxylation is 3. The van der Waals surface area contributed by atoms with E-state index in [2.05, 4.69) is 9.97 Å². The summed E-state index contributed by atoms with van der Waals surface area (Å²) < 4.78 is 1.66. The lowest BCUT2D eigenvalue weighted by atomic mass is 10.2. The summed E-state index contributed by atoms with van der Waals surface area (Å²) in [5.41, 5.74) is 1.84. The van der Waals surface area contributed by atoms with Crippen molar-refractivity contribution >= 4 is 22.2 Å². The van der Waals surface area contributed by atoms with Crippen LogP contribution in [-0.2, 0) is 13.0 Å². The summed E-state index contributed by atoms with van der Waals surface area (Å²) in [6.45, 7) is 2.59. The highest BCUT2D eigenvalue weighted by atomic mass is 32.1. The SMILES string of the molecule is Cc1ccc2ncn(CCc3nccs3)c(=O)c2c1. The molecule has 5 heteroatoms. The molecule has 4 nitrogen and oxygen atoms in total. The van der Waals surface area contributed by atoms with Crippen molar-refractivity contribution < 1.29 is 0 Å². The molecule has 0 aliphatic rings. The molecule has 0 unspecified atom stereocenters. The standard InChI is InChI=1S/C14H13N3OS/c1-10-2-3-12-11(8-10)14(18)17(9-16-12)6-4-13-15-5-7-19-13/h2-3,5,7-9H,4,6H2,1H3. The lowest BCUT2D eigenvalue weighted by Gasteiger charge is -2.05. The maximum atomic E-state index is 12.3. The summed E-state index contributed by atoms with van der Waals surface area (Å²) in [5.74, 6) is 0. The Kier molecular flexibility index (Phi) is 3.13. The molecule has 0 N–H and O–H groups in total. The van der Waals surface area contributed by atoms with E-state index in [9.17, 15) is 4.79 Å². The zero-order valence-electron chi connectivity index (χ0n) is 10.5. The molecule has 0 saturated carbocycles. The fraction of sp³-hybridized carbons (Fsp3) is 0.214. The van der Waals surface area contributed by atoms with Gasteiger partial charge in [0.1, 0.15) is 0 Å². The van der Waals surface area contributed by atoms with Gasteiger partial charge in [0.25, 0.3) is 5.56 Å². The van der Waals surface area contributed by atoms with E-state index < -0.39 is 0 Å². The van der Waals surface area contributed by atoms with Crippen LogP contribution < -0.4 is 5.56 Å². The Morgan fingerprint density at radius 3 is 3.00 bits per heavy atom. The lowest BCUT2D eigenvalue weighted by Crippen LogP contribution is -2.21. The van der Waals surface area contributed by atoms with Crippen LogP contribution in [0, 0.1) is 6.92 Å². The maximum absolute atomic E-state index is 12.3. The molecule has 0 saturated heterocycles. The molecule has 1 aromatic carbocycles. The van der Waals surface area contributed by atoms with E-state index in [0.29, 0.717) is 11.9 Å². The van der Waals surface area contributed by atoms with E-state index in [1.54, 1.807) is 28.4 Å². The summed E-state index contributed by atoms with van der Waals surface area (Å²) in [6.07, 6.45) is 4.16. The first-order valence-corrected chi connectivity index (χ1v) is 6.96. The molecule has 3 rings (SSSR count). The minimum atomic E-state index is 0.0188. The van der Waals surface area contributed by atoms with Gasteiger partial charge in [0, 0.05) is 24.5 Å². The second-order valence-corrected chi connectivity index (χ2v) is 5.42. The number of thiazole rings is 1. The topological polar surface area (TPSA) is 47.8 Å². The predicted octanol–water partition coefficient (Wildman–Crippen LogP) is 2.40. The summed E-state index contributed by atoms with van der Waals surface area (Å²) >= 11 is 1.61. The van der Waals surface area contributed by atoms with Gasteiger partial charge in [-0.2, -0.15) is 0 Å². The van der Waals surface area contributed by atoms with Crippen molar-refractivity contribution in [2.24, 2.45) is 0 Å². The Morgan fingerprint density at radius 1 is 1.32 bits per heavy atom. The van der Waals surface area contributed by atoms with Gasteiger partial charge >= 0.3 is 0 Å². The summed E-state index contributed by atoms with van der Waals surface area (Å²) in [4.78, 5) is 20.9. The number of benzene rings is 1. The van der Waals surface area contributed by atoms with Crippen LogP contribution in [0.3, 0.4) is 0 Å². The third-order valence-corrected chi connectivity index (χ3v) is 3.87. The van der Waals surface area contributed by atoms with Crippen molar-refractivity contribution in [2.75, 3.05) is 0 Å². The van der Waals surface area contributed by atoms with Crippen molar-refractivity contribution in [3.63, 3.8) is 0 Å². The number of fused-ring (bicyclic) bond motifs is 1. The van der Waals surface area contributed by atoms with Gasteiger partial charge in [-0.15, -0.1) is 11.3 Å². The van der Waals surface area contributed by atoms with Gasteiger partial charge in [-0.25, -0.2) is 9.97 Å². The first-order chi connectivity index (χ1) is 9.24. The molecular formula is C14H13N3OS. The van der Waals surface area contributed by atoms with Crippen LogP contribution in [0.2, 0.25) is 0 Å². The van der Waals surface area contributed by atoms with Gasteiger partial charge in [0.05, 0.1) is 22.2 Å². The van der Waals surface area contributed by atoms with Crippen molar-refractivity contribution in [1.29, 1.82) is 0 Å². The number of hydrogen-bond donors (Lipinski definition) is 0. The Labute approximate surface area is 114 Å². The Morgan fingerprint density at radius 2 is 2.21 bits per heavy atom. The van der Waals surface area contributed by atoms with Crippen LogP contribution in [0.5, 0.6) is 0 Å². The average Bonchev–Trinajstić information content (AvgIpc) is 2.92.